The third-order valence-electron chi connectivity index (χ3n) is 4.88. The predicted molar refractivity (Wildman–Crippen MR) is 127 cm³/mol. The number of anilines is 1. The second-order valence-corrected chi connectivity index (χ2v) is 8.61. The van der Waals surface area contributed by atoms with E-state index in [0.717, 1.165) is 28.1 Å². The van der Waals surface area contributed by atoms with Crippen molar-refractivity contribution >= 4 is 23.4 Å². The molecule has 7 heteroatoms. The van der Waals surface area contributed by atoms with E-state index in [1.54, 1.807) is 22.8 Å². The molecule has 0 saturated heterocycles. The Kier molecular flexibility index (Phi) is 6.37. The number of aryl methyl sites for hydroxylation is 3. The molecule has 0 aliphatic rings. The number of hydrogen-bond donors (Lipinski definition) is 1. The van der Waals surface area contributed by atoms with E-state index in [-0.39, 0.29) is 17.5 Å². The molecule has 0 atom stereocenters. The summed E-state index contributed by atoms with van der Waals surface area (Å²) in [5.74, 6) is 0.0151. The monoisotopic (exact) mass is 446 g/mol. The number of nitrogens with one attached hydrogen (secondary N) is 1. The Morgan fingerprint density at radius 1 is 0.938 bits per heavy atom. The van der Waals surface area contributed by atoms with Crippen LogP contribution in [-0.2, 0) is 4.79 Å². The van der Waals surface area contributed by atoms with Gasteiger partial charge in [0.15, 0.2) is 11.0 Å². The summed E-state index contributed by atoms with van der Waals surface area (Å²) in [5.41, 5.74) is 5.20. The van der Waals surface area contributed by atoms with Crippen molar-refractivity contribution in [3.8, 4) is 17.1 Å². The van der Waals surface area contributed by atoms with Gasteiger partial charge in [0.2, 0.25) is 5.91 Å². The molecule has 4 rings (SSSR count). The SMILES string of the molecule is Cc1ccc(-n2c(SCC(=O)Nc3cc(C)cc(C)c3)nnc2-c2ccccc2F)cc1. The van der Waals surface area contributed by atoms with E-state index >= 15 is 0 Å². The molecule has 0 aliphatic heterocycles. The molecule has 3 aromatic carbocycles. The highest BCUT2D eigenvalue weighted by atomic mass is 32.2. The molecular formula is C25H23FN4OS. The fourth-order valence-corrected chi connectivity index (χ4v) is 4.23. The van der Waals surface area contributed by atoms with Crippen molar-refractivity contribution < 1.29 is 9.18 Å². The number of rotatable bonds is 6. The van der Waals surface area contributed by atoms with Crippen molar-refractivity contribution in [2.45, 2.75) is 25.9 Å². The van der Waals surface area contributed by atoms with Gasteiger partial charge >= 0.3 is 0 Å². The molecule has 1 aromatic heterocycles. The van der Waals surface area contributed by atoms with E-state index in [9.17, 15) is 9.18 Å². The molecule has 0 saturated carbocycles. The van der Waals surface area contributed by atoms with Crippen LogP contribution in [0, 0.1) is 26.6 Å². The van der Waals surface area contributed by atoms with Crippen molar-refractivity contribution in [2.75, 3.05) is 11.1 Å². The van der Waals surface area contributed by atoms with Gasteiger partial charge in [0.1, 0.15) is 5.82 Å². The minimum Gasteiger partial charge on any atom is -0.325 e. The van der Waals surface area contributed by atoms with Crippen LogP contribution in [0.1, 0.15) is 16.7 Å². The smallest absolute Gasteiger partial charge is 0.234 e. The Labute approximate surface area is 190 Å². The summed E-state index contributed by atoms with van der Waals surface area (Å²) >= 11 is 1.26. The van der Waals surface area contributed by atoms with Crippen molar-refractivity contribution in [2.24, 2.45) is 0 Å². The Morgan fingerprint density at radius 3 is 2.31 bits per heavy atom. The Hall–Kier alpha value is -3.45. The number of amides is 1. The molecule has 0 unspecified atom stereocenters. The molecule has 32 heavy (non-hydrogen) atoms. The average Bonchev–Trinajstić information content (AvgIpc) is 3.16. The molecule has 162 valence electrons. The summed E-state index contributed by atoms with van der Waals surface area (Å²) in [7, 11) is 0. The molecular weight excluding hydrogens is 423 g/mol. The van der Waals surface area contributed by atoms with Crippen molar-refractivity contribution in [1.29, 1.82) is 0 Å². The molecule has 5 nitrogen and oxygen atoms in total. The van der Waals surface area contributed by atoms with Crippen LogP contribution in [0.15, 0.2) is 71.9 Å². The first-order valence-corrected chi connectivity index (χ1v) is 11.2. The van der Waals surface area contributed by atoms with Crippen molar-refractivity contribution in [3.63, 3.8) is 0 Å². The zero-order valence-electron chi connectivity index (χ0n) is 18.1. The molecule has 0 radical (unpaired) electrons. The average molecular weight is 447 g/mol. The second kappa shape index (κ2) is 9.36. The van der Waals surface area contributed by atoms with Crippen LogP contribution in [0.2, 0.25) is 0 Å². The lowest BCUT2D eigenvalue weighted by atomic mass is 10.1. The van der Waals surface area contributed by atoms with Crippen LogP contribution in [0.3, 0.4) is 0 Å². The van der Waals surface area contributed by atoms with Crippen LogP contribution in [0.25, 0.3) is 17.1 Å². The van der Waals surface area contributed by atoms with E-state index in [4.69, 9.17) is 0 Å². The van der Waals surface area contributed by atoms with Crippen LogP contribution >= 0.6 is 11.8 Å². The van der Waals surface area contributed by atoms with Gasteiger partial charge in [-0.05, 0) is 68.3 Å². The van der Waals surface area contributed by atoms with Gasteiger partial charge in [-0.2, -0.15) is 0 Å². The summed E-state index contributed by atoms with van der Waals surface area (Å²) in [6.45, 7) is 5.98. The van der Waals surface area contributed by atoms with Gasteiger partial charge in [-0.1, -0.05) is 47.7 Å². The summed E-state index contributed by atoms with van der Waals surface area (Å²) < 4.78 is 16.3. The fourth-order valence-electron chi connectivity index (χ4n) is 3.48. The summed E-state index contributed by atoms with van der Waals surface area (Å²) in [6, 6.07) is 20.2. The van der Waals surface area contributed by atoms with Crippen LogP contribution in [-0.4, -0.2) is 26.4 Å². The highest BCUT2D eigenvalue weighted by Crippen LogP contribution is 2.29. The third-order valence-corrected chi connectivity index (χ3v) is 5.81. The highest BCUT2D eigenvalue weighted by Gasteiger charge is 2.19. The lowest BCUT2D eigenvalue weighted by Gasteiger charge is -2.11. The van der Waals surface area contributed by atoms with Gasteiger partial charge in [-0.3, -0.25) is 9.36 Å². The van der Waals surface area contributed by atoms with Crippen molar-refractivity contribution in [3.05, 3.63) is 89.2 Å². The molecule has 4 aromatic rings. The lowest BCUT2D eigenvalue weighted by molar-refractivity contribution is -0.113. The number of nitrogens with zero attached hydrogens (tertiary/aromatic N) is 3. The largest absolute Gasteiger partial charge is 0.325 e. The zero-order valence-corrected chi connectivity index (χ0v) is 18.9. The molecule has 1 amide bonds. The number of carbonyl (C=O) groups excluding carboxylic acids is 1. The summed E-state index contributed by atoms with van der Waals surface area (Å²) in [6.07, 6.45) is 0. The standard InChI is InChI=1S/C25H23FN4OS/c1-16-8-10-20(11-9-16)30-24(21-6-4-5-7-22(21)26)28-29-25(30)32-15-23(31)27-19-13-17(2)12-18(3)14-19/h4-14H,15H2,1-3H3,(H,27,31). The van der Waals surface area contributed by atoms with Gasteiger partial charge in [0, 0.05) is 11.4 Å². The Morgan fingerprint density at radius 2 is 1.62 bits per heavy atom. The first-order valence-electron chi connectivity index (χ1n) is 10.2. The summed E-state index contributed by atoms with van der Waals surface area (Å²) in [5, 5.41) is 12.0. The number of thioether (sulfide) groups is 1. The van der Waals surface area contributed by atoms with Crippen LogP contribution in [0.5, 0.6) is 0 Å². The number of hydrogen-bond acceptors (Lipinski definition) is 4. The number of benzene rings is 3. The minimum absolute atomic E-state index is 0.147. The topological polar surface area (TPSA) is 59.8 Å². The van der Waals surface area contributed by atoms with Gasteiger partial charge in [-0.25, -0.2) is 4.39 Å². The highest BCUT2D eigenvalue weighted by molar-refractivity contribution is 7.99. The van der Waals surface area contributed by atoms with Gasteiger partial charge < -0.3 is 5.32 Å². The maximum absolute atomic E-state index is 14.5. The third kappa shape index (κ3) is 4.89. The van der Waals surface area contributed by atoms with E-state index < -0.39 is 0 Å². The normalized spacial score (nSPS) is 10.9. The molecule has 0 spiro atoms. The number of carbonyl (C=O) groups is 1. The van der Waals surface area contributed by atoms with E-state index in [0.29, 0.717) is 16.5 Å². The predicted octanol–water partition coefficient (Wildman–Crippen LogP) is 5.73. The molecule has 1 heterocycles. The maximum Gasteiger partial charge on any atom is 0.234 e. The lowest BCUT2D eigenvalue weighted by Crippen LogP contribution is -2.14. The van der Waals surface area contributed by atoms with Crippen molar-refractivity contribution in [1.82, 2.24) is 14.8 Å². The Bertz CT molecular complexity index is 1250. The molecule has 0 fully saturated rings. The second-order valence-electron chi connectivity index (χ2n) is 7.67. The maximum atomic E-state index is 14.5. The van der Waals surface area contributed by atoms with Crippen LogP contribution in [0.4, 0.5) is 10.1 Å². The number of halogens is 1. The van der Waals surface area contributed by atoms with Gasteiger partial charge in [0.25, 0.3) is 0 Å². The first-order chi connectivity index (χ1) is 15.4. The molecule has 0 bridgehead atoms. The van der Waals surface area contributed by atoms with Gasteiger partial charge in [0.05, 0.1) is 11.3 Å². The zero-order chi connectivity index (χ0) is 22.7. The van der Waals surface area contributed by atoms with E-state index in [1.807, 2.05) is 57.2 Å². The quantitative estimate of drug-likeness (QED) is 0.384. The summed E-state index contributed by atoms with van der Waals surface area (Å²) in [4.78, 5) is 12.6. The van der Waals surface area contributed by atoms with Gasteiger partial charge in [-0.15, -0.1) is 10.2 Å². The van der Waals surface area contributed by atoms with Crippen LogP contribution < -0.4 is 5.32 Å². The fraction of sp³-hybridized carbons (Fsp3) is 0.160. The van der Waals surface area contributed by atoms with E-state index in [2.05, 4.69) is 21.6 Å². The molecule has 0 aliphatic carbocycles. The first kappa shape index (κ1) is 21.8. The Balaban J connectivity index is 1.61. The van der Waals surface area contributed by atoms with E-state index in [1.165, 1.54) is 17.8 Å². The molecule has 1 N–H and O–H groups in total. The minimum atomic E-state index is -0.377. The number of aromatic nitrogens is 3.